The molecule has 0 aliphatic heterocycles. The summed E-state index contributed by atoms with van der Waals surface area (Å²) in [5.41, 5.74) is 0.408. The lowest BCUT2D eigenvalue weighted by atomic mass is 10.1. The van der Waals surface area contributed by atoms with Crippen molar-refractivity contribution in [3.63, 3.8) is 0 Å². The quantitative estimate of drug-likeness (QED) is 0.847. The molecule has 0 bridgehead atoms. The number of nitriles is 1. The first-order valence-corrected chi connectivity index (χ1v) is 6.12. The number of carbonyl (C=O) groups excluding carboxylic acids is 1. The summed E-state index contributed by atoms with van der Waals surface area (Å²) in [4.78, 5) is 13.3. The number of benzene rings is 1. The summed E-state index contributed by atoms with van der Waals surface area (Å²) >= 11 is 0. The second kappa shape index (κ2) is 7.93. The molecule has 20 heavy (non-hydrogen) atoms. The fourth-order valence-electron chi connectivity index (χ4n) is 1.50. The molecule has 0 heterocycles. The summed E-state index contributed by atoms with van der Waals surface area (Å²) in [5.74, 6) is 4.30. The van der Waals surface area contributed by atoms with E-state index in [0.29, 0.717) is 6.54 Å². The van der Waals surface area contributed by atoms with Gasteiger partial charge in [-0.1, -0.05) is 11.8 Å². The Labute approximate surface area is 117 Å². The van der Waals surface area contributed by atoms with Gasteiger partial charge in [0.05, 0.1) is 24.7 Å². The first-order chi connectivity index (χ1) is 9.60. The van der Waals surface area contributed by atoms with Crippen LogP contribution < -0.4 is 0 Å². The Morgan fingerprint density at radius 3 is 2.80 bits per heavy atom. The van der Waals surface area contributed by atoms with Crippen LogP contribution in [0.3, 0.4) is 0 Å². The predicted octanol–water partition coefficient (Wildman–Crippen LogP) is 1.55. The van der Waals surface area contributed by atoms with Crippen molar-refractivity contribution in [2.24, 2.45) is 0 Å². The molecule has 0 atom stereocenters. The van der Waals surface area contributed by atoms with E-state index in [9.17, 15) is 9.18 Å². The molecule has 4 nitrogen and oxygen atoms in total. The van der Waals surface area contributed by atoms with E-state index < -0.39 is 5.82 Å². The van der Waals surface area contributed by atoms with E-state index in [1.54, 1.807) is 7.05 Å². The highest BCUT2D eigenvalue weighted by Crippen LogP contribution is 2.11. The number of nitrogens with zero attached hydrogens (tertiary/aromatic N) is 2. The second-order valence-corrected chi connectivity index (χ2v) is 4.10. The zero-order chi connectivity index (χ0) is 15.0. The van der Waals surface area contributed by atoms with Gasteiger partial charge in [-0.05, 0) is 18.2 Å². The number of hydrogen-bond acceptors (Lipinski definition) is 3. The lowest BCUT2D eigenvalue weighted by Crippen LogP contribution is -2.27. The summed E-state index contributed by atoms with van der Waals surface area (Å²) in [5, 5.41) is 17.1. The molecule has 0 aliphatic carbocycles. The van der Waals surface area contributed by atoms with Crippen LogP contribution in [0.4, 0.5) is 4.39 Å². The maximum atomic E-state index is 13.8. The molecule has 1 N–H and O–H groups in total. The van der Waals surface area contributed by atoms with E-state index in [-0.39, 0.29) is 36.5 Å². The number of halogens is 1. The molecule has 1 rings (SSSR count). The summed E-state index contributed by atoms with van der Waals surface area (Å²) in [6, 6.07) is 6.01. The molecule has 5 heteroatoms. The first kappa shape index (κ1) is 15.7. The van der Waals surface area contributed by atoms with Crippen molar-refractivity contribution in [2.45, 2.75) is 12.8 Å². The molecule has 0 radical (unpaired) electrons. The van der Waals surface area contributed by atoms with Crippen LogP contribution in [-0.4, -0.2) is 36.1 Å². The van der Waals surface area contributed by atoms with Crippen molar-refractivity contribution in [2.75, 3.05) is 20.2 Å². The maximum Gasteiger partial charge on any atom is 0.253 e. The molecule has 1 aromatic carbocycles. The third-order valence-electron chi connectivity index (χ3n) is 2.58. The summed E-state index contributed by atoms with van der Waals surface area (Å²) < 4.78 is 13.8. The smallest absolute Gasteiger partial charge is 0.253 e. The minimum atomic E-state index is -0.574. The zero-order valence-corrected chi connectivity index (χ0v) is 11.2. The van der Waals surface area contributed by atoms with Crippen LogP contribution in [0.5, 0.6) is 0 Å². The molecular formula is C15H15FN2O2. The van der Waals surface area contributed by atoms with E-state index >= 15 is 0 Å². The van der Waals surface area contributed by atoms with Gasteiger partial charge in [-0.25, -0.2) is 4.39 Å². The molecule has 0 fully saturated rings. The number of aliphatic hydroxyl groups is 1. The van der Waals surface area contributed by atoms with Gasteiger partial charge >= 0.3 is 0 Å². The lowest BCUT2D eigenvalue weighted by Gasteiger charge is -2.15. The molecule has 0 unspecified atom stereocenters. The molecule has 0 aliphatic rings. The van der Waals surface area contributed by atoms with Crippen LogP contribution in [0.25, 0.3) is 0 Å². The summed E-state index contributed by atoms with van der Waals surface area (Å²) in [6.45, 7) is 0.226. The van der Waals surface area contributed by atoms with Crippen LogP contribution in [0, 0.1) is 29.0 Å². The van der Waals surface area contributed by atoms with E-state index in [0.717, 1.165) is 6.07 Å². The SMILES string of the molecule is CN(CCC#N)C(=O)c1ccc(C#CCCO)c(F)c1. The Morgan fingerprint density at radius 2 is 2.20 bits per heavy atom. The fourth-order valence-corrected chi connectivity index (χ4v) is 1.50. The Hall–Kier alpha value is -2.37. The molecule has 104 valence electrons. The van der Waals surface area contributed by atoms with E-state index in [1.807, 2.05) is 6.07 Å². The van der Waals surface area contributed by atoms with Gasteiger partial charge in [0.25, 0.3) is 5.91 Å². The average molecular weight is 274 g/mol. The fraction of sp³-hybridized carbons (Fsp3) is 0.333. The Kier molecular flexibility index (Phi) is 6.22. The molecule has 0 saturated heterocycles. The van der Waals surface area contributed by atoms with Gasteiger partial charge in [0.2, 0.25) is 0 Å². The van der Waals surface area contributed by atoms with Gasteiger partial charge in [0.15, 0.2) is 0 Å². The second-order valence-electron chi connectivity index (χ2n) is 4.10. The van der Waals surface area contributed by atoms with Crippen LogP contribution in [0.1, 0.15) is 28.8 Å². The predicted molar refractivity (Wildman–Crippen MR) is 72.2 cm³/mol. The number of aliphatic hydroxyl groups excluding tert-OH is 1. The van der Waals surface area contributed by atoms with Crippen molar-refractivity contribution in [3.05, 3.63) is 35.1 Å². The highest BCUT2D eigenvalue weighted by atomic mass is 19.1. The van der Waals surface area contributed by atoms with E-state index in [2.05, 4.69) is 11.8 Å². The van der Waals surface area contributed by atoms with Gasteiger partial charge in [-0.3, -0.25) is 4.79 Å². The summed E-state index contributed by atoms with van der Waals surface area (Å²) in [7, 11) is 1.56. The molecule has 0 aromatic heterocycles. The number of hydrogen-bond donors (Lipinski definition) is 1. The Balaban J connectivity index is 2.85. The highest BCUT2D eigenvalue weighted by Gasteiger charge is 2.13. The minimum Gasteiger partial charge on any atom is -0.395 e. The monoisotopic (exact) mass is 274 g/mol. The van der Waals surface area contributed by atoms with E-state index in [1.165, 1.54) is 17.0 Å². The van der Waals surface area contributed by atoms with Crippen molar-refractivity contribution < 1.29 is 14.3 Å². The molecule has 1 aromatic rings. The van der Waals surface area contributed by atoms with Crippen molar-refractivity contribution >= 4 is 5.91 Å². The van der Waals surface area contributed by atoms with Crippen LogP contribution in [0.2, 0.25) is 0 Å². The van der Waals surface area contributed by atoms with Crippen molar-refractivity contribution in [1.82, 2.24) is 4.90 Å². The normalized spacial score (nSPS) is 9.30. The third kappa shape index (κ3) is 4.38. The van der Waals surface area contributed by atoms with Gasteiger partial charge in [0.1, 0.15) is 5.82 Å². The standard InChI is InChI=1S/C15H15FN2O2/c1-18(9-4-8-17)15(20)13-7-6-12(14(16)11-13)5-2-3-10-19/h6-7,11,19H,3-4,9-10H2,1H3. The molecule has 0 saturated carbocycles. The number of rotatable bonds is 4. The third-order valence-corrected chi connectivity index (χ3v) is 2.58. The van der Waals surface area contributed by atoms with Crippen molar-refractivity contribution in [3.8, 4) is 17.9 Å². The van der Waals surface area contributed by atoms with Gasteiger partial charge in [-0.15, -0.1) is 0 Å². The van der Waals surface area contributed by atoms with E-state index in [4.69, 9.17) is 10.4 Å². The van der Waals surface area contributed by atoms with Crippen LogP contribution in [0.15, 0.2) is 18.2 Å². The topological polar surface area (TPSA) is 64.3 Å². The zero-order valence-electron chi connectivity index (χ0n) is 11.2. The Morgan fingerprint density at radius 1 is 1.45 bits per heavy atom. The van der Waals surface area contributed by atoms with Crippen LogP contribution in [-0.2, 0) is 0 Å². The largest absolute Gasteiger partial charge is 0.395 e. The molecule has 0 spiro atoms. The van der Waals surface area contributed by atoms with Gasteiger partial charge in [0, 0.05) is 25.6 Å². The maximum absolute atomic E-state index is 13.8. The van der Waals surface area contributed by atoms with Gasteiger partial charge < -0.3 is 10.0 Å². The number of carbonyl (C=O) groups is 1. The minimum absolute atomic E-state index is 0.0745. The average Bonchev–Trinajstić information content (AvgIpc) is 2.45. The Bertz CT molecular complexity index is 582. The number of amides is 1. The van der Waals surface area contributed by atoms with Crippen LogP contribution >= 0.6 is 0 Å². The van der Waals surface area contributed by atoms with Gasteiger partial charge in [-0.2, -0.15) is 5.26 Å². The lowest BCUT2D eigenvalue weighted by molar-refractivity contribution is 0.0797. The summed E-state index contributed by atoms with van der Waals surface area (Å²) in [6.07, 6.45) is 0.506. The van der Waals surface area contributed by atoms with Crippen molar-refractivity contribution in [1.29, 1.82) is 5.26 Å². The molecule has 1 amide bonds. The molecular weight excluding hydrogens is 259 g/mol. The highest BCUT2D eigenvalue weighted by molar-refractivity contribution is 5.94. The first-order valence-electron chi connectivity index (χ1n) is 6.12.